The van der Waals surface area contributed by atoms with Gasteiger partial charge in [-0.15, -0.1) is 0 Å². The molecule has 2 N–H and O–H groups in total. The monoisotopic (exact) mass is 240 g/mol. The Labute approximate surface area is 106 Å². The molecule has 1 saturated heterocycles. The molecule has 0 amide bonds. The van der Waals surface area contributed by atoms with Crippen LogP contribution in [0.25, 0.3) is 0 Å². The van der Waals surface area contributed by atoms with Crippen LogP contribution in [0.5, 0.6) is 0 Å². The second-order valence-corrected chi connectivity index (χ2v) is 6.33. The van der Waals surface area contributed by atoms with Crippen molar-refractivity contribution in [2.75, 3.05) is 27.3 Å². The van der Waals surface area contributed by atoms with Gasteiger partial charge < -0.3 is 15.4 Å². The molecule has 0 spiro atoms. The molecule has 2 unspecified atom stereocenters. The number of likely N-dealkylation sites (N-methyl/N-ethyl adjacent to an activating group) is 1. The molecule has 1 heterocycles. The summed E-state index contributed by atoms with van der Waals surface area (Å²) in [6.07, 6.45) is 6.28. The fraction of sp³-hybridized carbons (Fsp3) is 1.00. The molecule has 1 aliphatic carbocycles. The van der Waals surface area contributed by atoms with E-state index in [-0.39, 0.29) is 11.6 Å². The minimum Gasteiger partial charge on any atom is -0.381 e. The molecule has 2 aliphatic rings. The summed E-state index contributed by atoms with van der Waals surface area (Å²) in [6.45, 7) is 4.13. The van der Waals surface area contributed by atoms with Gasteiger partial charge in [-0.05, 0) is 52.1 Å². The first-order valence-electron chi connectivity index (χ1n) is 7.07. The van der Waals surface area contributed by atoms with Crippen LogP contribution in [0.4, 0.5) is 0 Å². The Morgan fingerprint density at radius 3 is 2.35 bits per heavy atom. The molecule has 2 rings (SSSR count). The molecule has 0 radical (unpaired) electrons. The molecule has 100 valence electrons. The van der Waals surface area contributed by atoms with E-state index in [1.165, 1.54) is 25.7 Å². The van der Waals surface area contributed by atoms with Crippen LogP contribution in [0.1, 0.15) is 39.0 Å². The highest BCUT2D eigenvalue weighted by Gasteiger charge is 2.45. The summed E-state index contributed by atoms with van der Waals surface area (Å²) in [5, 5.41) is 0. The highest BCUT2D eigenvalue weighted by molar-refractivity contribution is 5.03. The van der Waals surface area contributed by atoms with Gasteiger partial charge in [-0.3, -0.25) is 0 Å². The van der Waals surface area contributed by atoms with Crippen molar-refractivity contribution in [3.05, 3.63) is 0 Å². The summed E-state index contributed by atoms with van der Waals surface area (Å²) >= 11 is 0. The average molecular weight is 240 g/mol. The van der Waals surface area contributed by atoms with Crippen LogP contribution >= 0.6 is 0 Å². The maximum Gasteiger partial charge on any atom is 0.0510 e. The van der Waals surface area contributed by atoms with Crippen molar-refractivity contribution < 1.29 is 4.74 Å². The van der Waals surface area contributed by atoms with Gasteiger partial charge in [-0.2, -0.15) is 0 Å². The minimum atomic E-state index is 0.213. The standard InChI is InChI=1S/C14H28N2O/c1-11-4-7-14(8-5-11,16(2)3)13(15)12-6-9-17-10-12/h11-13H,4-10,15H2,1-3H3. The normalized spacial score (nSPS) is 40.8. The van der Waals surface area contributed by atoms with E-state index < -0.39 is 0 Å². The van der Waals surface area contributed by atoms with Gasteiger partial charge >= 0.3 is 0 Å². The van der Waals surface area contributed by atoms with Gasteiger partial charge in [0.05, 0.1) is 6.61 Å². The van der Waals surface area contributed by atoms with Gasteiger partial charge in [-0.25, -0.2) is 0 Å². The van der Waals surface area contributed by atoms with Gasteiger partial charge in [-0.1, -0.05) is 6.92 Å². The third kappa shape index (κ3) is 2.51. The van der Waals surface area contributed by atoms with E-state index in [0.29, 0.717) is 5.92 Å². The second kappa shape index (κ2) is 5.25. The van der Waals surface area contributed by atoms with Gasteiger partial charge in [0.15, 0.2) is 0 Å². The summed E-state index contributed by atoms with van der Waals surface area (Å²) in [7, 11) is 4.40. The topological polar surface area (TPSA) is 38.5 Å². The van der Waals surface area contributed by atoms with Crippen LogP contribution in [-0.2, 0) is 4.74 Å². The van der Waals surface area contributed by atoms with Gasteiger partial charge in [0, 0.05) is 24.1 Å². The molecular formula is C14H28N2O. The zero-order valence-corrected chi connectivity index (χ0v) is 11.6. The lowest BCUT2D eigenvalue weighted by Gasteiger charge is -2.50. The molecule has 2 fully saturated rings. The Kier molecular flexibility index (Phi) is 4.11. The fourth-order valence-corrected chi connectivity index (χ4v) is 3.62. The molecule has 17 heavy (non-hydrogen) atoms. The van der Waals surface area contributed by atoms with Crippen molar-refractivity contribution in [2.45, 2.75) is 50.6 Å². The summed E-state index contributed by atoms with van der Waals surface area (Å²) < 4.78 is 5.52. The van der Waals surface area contributed by atoms with E-state index in [4.69, 9.17) is 10.5 Å². The number of ether oxygens (including phenoxy) is 1. The van der Waals surface area contributed by atoms with Crippen LogP contribution in [0, 0.1) is 11.8 Å². The molecule has 1 aliphatic heterocycles. The number of rotatable bonds is 3. The summed E-state index contributed by atoms with van der Waals surface area (Å²) in [5.74, 6) is 1.43. The predicted molar refractivity (Wildman–Crippen MR) is 71.0 cm³/mol. The van der Waals surface area contributed by atoms with Crippen LogP contribution in [0.15, 0.2) is 0 Å². The van der Waals surface area contributed by atoms with Crippen LogP contribution in [0.2, 0.25) is 0 Å². The molecule has 1 saturated carbocycles. The van der Waals surface area contributed by atoms with E-state index in [2.05, 4.69) is 25.9 Å². The molecule has 0 aromatic rings. The first-order chi connectivity index (χ1) is 8.06. The Morgan fingerprint density at radius 2 is 1.88 bits per heavy atom. The molecule has 0 bridgehead atoms. The highest BCUT2D eigenvalue weighted by atomic mass is 16.5. The third-order valence-electron chi connectivity index (χ3n) is 5.12. The van der Waals surface area contributed by atoms with Gasteiger partial charge in [0.1, 0.15) is 0 Å². The number of nitrogens with zero attached hydrogens (tertiary/aromatic N) is 1. The zero-order chi connectivity index (χ0) is 12.5. The summed E-state index contributed by atoms with van der Waals surface area (Å²) in [4.78, 5) is 2.39. The van der Waals surface area contributed by atoms with Gasteiger partial charge in [0.25, 0.3) is 0 Å². The van der Waals surface area contributed by atoms with Gasteiger partial charge in [0.2, 0.25) is 0 Å². The van der Waals surface area contributed by atoms with E-state index in [1.54, 1.807) is 0 Å². The molecule has 3 heteroatoms. The van der Waals surface area contributed by atoms with E-state index in [1.807, 2.05) is 0 Å². The lowest BCUT2D eigenvalue weighted by molar-refractivity contribution is 0.0335. The van der Waals surface area contributed by atoms with Crippen molar-refractivity contribution in [1.29, 1.82) is 0 Å². The maximum absolute atomic E-state index is 6.61. The van der Waals surface area contributed by atoms with Crippen molar-refractivity contribution >= 4 is 0 Å². The molecule has 0 aromatic heterocycles. The van der Waals surface area contributed by atoms with E-state index in [0.717, 1.165) is 25.6 Å². The Morgan fingerprint density at radius 1 is 1.24 bits per heavy atom. The molecule has 2 atom stereocenters. The molecule has 0 aromatic carbocycles. The van der Waals surface area contributed by atoms with Crippen molar-refractivity contribution in [1.82, 2.24) is 4.90 Å². The molecular weight excluding hydrogens is 212 g/mol. The smallest absolute Gasteiger partial charge is 0.0510 e. The first kappa shape index (κ1) is 13.3. The predicted octanol–water partition coefficient (Wildman–Crippen LogP) is 1.86. The van der Waals surface area contributed by atoms with Crippen molar-refractivity contribution in [3.8, 4) is 0 Å². The Bertz CT molecular complexity index is 241. The van der Waals surface area contributed by atoms with E-state index in [9.17, 15) is 0 Å². The average Bonchev–Trinajstić information content (AvgIpc) is 2.82. The van der Waals surface area contributed by atoms with E-state index >= 15 is 0 Å². The zero-order valence-electron chi connectivity index (χ0n) is 11.6. The number of nitrogens with two attached hydrogens (primary N) is 1. The lowest BCUT2D eigenvalue weighted by Crippen LogP contribution is -2.61. The fourth-order valence-electron chi connectivity index (χ4n) is 3.62. The maximum atomic E-state index is 6.61. The SMILES string of the molecule is CC1CCC(C(N)C2CCOC2)(N(C)C)CC1. The van der Waals surface area contributed by atoms with Crippen molar-refractivity contribution in [2.24, 2.45) is 17.6 Å². The lowest BCUT2D eigenvalue weighted by atomic mass is 9.69. The van der Waals surface area contributed by atoms with Crippen LogP contribution in [0.3, 0.4) is 0 Å². The Balaban J connectivity index is 2.10. The quantitative estimate of drug-likeness (QED) is 0.818. The third-order valence-corrected chi connectivity index (χ3v) is 5.12. The number of hydrogen-bond donors (Lipinski definition) is 1. The Hall–Kier alpha value is -0.120. The van der Waals surface area contributed by atoms with Crippen LogP contribution < -0.4 is 5.73 Å². The molecule has 3 nitrogen and oxygen atoms in total. The first-order valence-corrected chi connectivity index (χ1v) is 7.07. The second-order valence-electron chi connectivity index (χ2n) is 6.33. The highest BCUT2D eigenvalue weighted by Crippen LogP contribution is 2.40. The van der Waals surface area contributed by atoms with Crippen molar-refractivity contribution in [3.63, 3.8) is 0 Å². The summed E-state index contributed by atoms with van der Waals surface area (Å²) in [5.41, 5.74) is 6.83. The number of hydrogen-bond acceptors (Lipinski definition) is 3. The minimum absolute atomic E-state index is 0.213. The van der Waals surface area contributed by atoms with Crippen LogP contribution in [-0.4, -0.2) is 43.8 Å². The summed E-state index contributed by atoms with van der Waals surface area (Å²) in [6, 6.07) is 0.271. The largest absolute Gasteiger partial charge is 0.381 e.